The van der Waals surface area contributed by atoms with Crippen LogP contribution in [-0.2, 0) is 14.8 Å². The second kappa shape index (κ2) is 10.1. The van der Waals surface area contributed by atoms with E-state index in [0.29, 0.717) is 37.4 Å². The van der Waals surface area contributed by atoms with E-state index in [4.69, 9.17) is 0 Å². The Morgan fingerprint density at radius 1 is 1.07 bits per heavy atom. The fourth-order valence-electron chi connectivity index (χ4n) is 3.99. The number of sulfonamides is 1. The van der Waals surface area contributed by atoms with Gasteiger partial charge < -0.3 is 5.32 Å². The van der Waals surface area contributed by atoms with Crippen molar-refractivity contribution >= 4 is 27.7 Å². The smallest absolute Gasteiger partial charge is 0.243 e. The Kier molecular flexibility index (Phi) is 7.83. The molecule has 0 unspecified atom stereocenters. The number of carbonyl (C=O) groups is 1. The number of hydrogen-bond donors (Lipinski definition) is 1. The zero-order valence-corrected chi connectivity index (χ0v) is 18.4. The summed E-state index contributed by atoms with van der Waals surface area (Å²) < 4.78 is 27.0. The van der Waals surface area contributed by atoms with E-state index in [1.807, 2.05) is 30.8 Å². The van der Waals surface area contributed by atoms with Gasteiger partial charge >= 0.3 is 0 Å². The summed E-state index contributed by atoms with van der Waals surface area (Å²) in [5.74, 6) is 0.970. The van der Waals surface area contributed by atoms with Crippen molar-refractivity contribution in [2.24, 2.45) is 5.92 Å². The number of thioether (sulfide) groups is 1. The number of benzene rings is 1. The second-order valence-electron chi connectivity index (χ2n) is 7.91. The average Bonchev–Trinajstić information content (AvgIpc) is 2.72. The molecule has 7 heteroatoms. The SMILES string of the molecule is Cc1ccc(S(=O)(=O)N2CCC(C(=O)NCCSC3CCCCC3)CC2)cc1. The van der Waals surface area contributed by atoms with Crippen LogP contribution < -0.4 is 5.32 Å². The Balaban J connectivity index is 1.40. The van der Waals surface area contributed by atoms with Gasteiger partial charge in [0.15, 0.2) is 0 Å². The monoisotopic (exact) mass is 424 g/mol. The average molecular weight is 425 g/mol. The molecule has 1 N–H and O–H groups in total. The first kappa shape index (κ1) is 21.7. The van der Waals surface area contributed by atoms with E-state index in [2.05, 4.69) is 5.32 Å². The van der Waals surface area contributed by atoms with Crippen LogP contribution in [0.2, 0.25) is 0 Å². The minimum atomic E-state index is -3.46. The lowest BCUT2D eigenvalue weighted by Crippen LogP contribution is -2.43. The highest BCUT2D eigenvalue weighted by atomic mass is 32.2. The van der Waals surface area contributed by atoms with Crippen LogP contribution in [0, 0.1) is 12.8 Å². The third-order valence-electron chi connectivity index (χ3n) is 5.79. The minimum absolute atomic E-state index is 0.0795. The van der Waals surface area contributed by atoms with Crippen molar-refractivity contribution in [3.63, 3.8) is 0 Å². The van der Waals surface area contributed by atoms with Crippen molar-refractivity contribution in [1.82, 2.24) is 9.62 Å². The molecular formula is C21H32N2O3S2. The van der Waals surface area contributed by atoms with Crippen LogP contribution in [-0.4, -0.2) is 49.3 Å². The number of piperidine rings is 1. The molecule has 1 heterocycles. The molecule has 0 bridgehead atoms. The lowest BCUT2D eigenvalue weighted by atomic mass is 9.97. The first-order chi connectivity index (χ1) is 13.5. The predicted molar refractivity (Wildman–Crippen MR) is 115 cm³/mol. The van der Waals surface area contributed by atoms with Gasteiger partial charge in [0.1, 0.15) is 0 Å². The third kappa shape index (κ3) is 5.74. The summed E-state index contributed by atoms with van der Waals surface area (Å²) in [6, 6.07) is 6.96. The highest BCUT2D eigenvalue weighted by molar-refractivity contribution is 7.99. The van der Waals surface area contributed by atoms with Crippen LogP contribution in [0.25, 0.3) is 0 Å². The quantitative estimate of drug-likeness (QED) is 0.680. The van der Waals surface area contributed by atoms with E-state index in [1.54, 1.807) is 12.1 Å². The molecule has 2 aliphatic rings. The van der Waals surface area contributed by atoms with Gasteiger partial charge in [-0.1, -0.05) is 37.0 Å². The van der Waals surface area contributed by atoms with Crippen molar-refractivity contribution < 1.29 is 13.2 Å². The number of nitrogens with one attached hydrogen (secondary N) is 1. The number of carbonyl (C=O) groups excluding carboxylic acids is 1. The fourth-order valence-corrected chi connectivity index (χ4v) is 6.68. The van der Waals surface area contributed by atoms with Gasteiger partial charge in [0, 0.05) is 36.6 Å². The first-order valence-electron chi connectivity index (χ1n) is 10.4. The molecule has 156 valence electrons. The van der Waals surface area contributed by atoms with Gasteiger partial charge in [0.05, 0.1) is 4.90 Å². The van der Waals surface area contributed by atoms with Crippen LogP contribution in [0.5, 0.6) is 0 Å². The summed E-state index contributed by atoms with van der Waals surface area (Å²) in [6.07, 6.45) is 7.85. The molecule has 1 aromatic carbocycles. The first-order valence-corrected chi connectivity index (χ1v) is 12.9. The fraction of sp³-hybridized carbons (Fsp3) is 0.667. The van der Waals surface area contributed by atoms with Crippen LogP contribution in [0.15, 0.2) is 29.2 Å². The molecule has 28 heavy (non-hydrogen) atoms. The van der Waals surface area contributed by atoms with E-state index in [0.717, 1.165) is 16.6 Å². The van der Waals surface area contributed by atoms with Crippen molar-refractivity contribution in [3.8, 4) is 0 Å². The summed E-state index contributed by atoms with van der Waals surface area (Å²) in [5, 5.41) is 3.82. The molecule has 0 spiro atoms. The van der Waals surface area contributed by atoms with E-state index < -0.39 is 10.0 Å². The predicted octanol–water partition coefficient (Wildman–Crippen LogP) is 3.58. The number of nitrogens with zero attached hydrogens (tertiary/aromatic N) is 1. The molecule has 1 aromatic rings. The van der Waals surface area contributed by atoms with Crippen LogP contribution in [0.1, 0.15) is 50.5 Å². The van der Waals surface area contributed by atoms with Crippen molar-refractivity contribution in [2.75, 3.05) is 25.4 Å². The number of amides is 1. The lowest BCUT2D eigenvalue weighted by Gasteiger charge is -2.30. The zero-order valence-electron chi connectivity index (χ0n) is 16.7. The molecule has 5 nitrogen and oxygen atoms in total. The number of aryl methyl sites for hydroxylation is 1. The summed E-state index contributed by atoms with van der Waals surface area (Å²) >= 11 is 1.99. The van der Waals surface area contributed by atoms with Gasteiger partial charge in [-0.3, -0.25) is 4.79 Å². The highest BCUT2D eigenvalue weighted by Crippen LogP contribution is 2.28. The van der Waals surface area contributed by atoms with Gasteiger partial charge in [-0.15, -0.1) is 0 Å². The van der Waals surface area contributed by atoms with Gasteiger partial charge in [0.2, 0.25) is 15.9 Å². The van der Waals surface area contributed by atoms with Crippen molar-refractivity contribution in [3.05, 3.63) is 29.8 Å². The van der Waals surface area contributed by atoms with E-state index >= 15 is 0 Å². The summed E-state index contributed by atoms with van der Waals surface area (Å²) in [5.41, 5.74) is 1.04. The molecule has 2 fully saturated rings. The molecule has 1 saturated heterocycles. The van der Waals surface area contributed by atoms with Crippen molar-refractivity contribution in [1.29, 1.82) is 0 Å². The molecular weight excluding hydrogens is 392 g/mol. The van der Waals surface area contributed by atoms with Crippen LogP contribution >= 0.6 is 11.8 Å². The summed E-state index contributed by atoms with van der Waals surface area (Å²) in [4.78, 5) is 12.8. The highest BCUT2D eigenvalue weighted by Gasteiger charge is 2.31. The van der Waals surface area contributed by atoms with Crippen molar-refractivity contribution in [2.45, 2.75) is 62.0 Å². The molecule has 1 amide bonds. The molecule has 1 saturated carbocycles. The van der Waals surface area contributed by atoms with Gasteiger partial charge in [-0.05, 0) is 44.7 Å². The van der Waals surface area contributed by atoms with Gasteiger partial charge in [-0.2, -0.15) is 16.1 Å². The molecule has 1 aliphatic carbocycles. The topological polar surface area (TPSA) is 66.5 Å². The van der Waals surface area contributed by atoms with Gasteiger partial charge in [0.25, 0.3) is 0 Å². The van der Waals surface area contributed by atoms with Crippen LogP contribution in [0.3, 0.4) is 0 Å². The molecule has 1 aliphatic heterocycles. The molecule has 0 radical (unpaired) electrons. The Morgan fingerprint density at radius 3 is 2.36 bits per heavy atom. The number of hydrogen-bond acceptors (Lipinski definition) is 4. The van der Waals surface area contributed by atoms with Gasteiger partial charge in [-0.25, -0.2) is 8.42 Å². The Labute approximate surface area is 173 Å². The Bertz CT molecular complexity index is 735. The van der Waals surface area contributed by atoms with E-state index in [1.165, 1.54) is 36.4 Å². The Morgan fingerprint density at radius 2 is 1.71 bits per heavy atom. The zero-order chi connectivity index (χ0) is 20.0. The maximum Gasteiger partial charge on any atom is 0.243 e. The number of rotatable bonds is 7. The van der Waals surface area contributed by atoms with E-state index in [-0.39, 0.29) is 11.8 Å². The largest absolute Gasteiger partial charge is 0.355 e. The van der Waals surface area contributed by atoms with E-state index in [9.17, 15) is 13.2 Å². The van der Waals surface area contributed by atoms with Crippen LogP contribution in [0.4, 0.5) is 0 Å². The third-order valence-corrected chi connectivity index (χ3v) is 9.09. The normalized spacial score (nSPS) is 20.2. The molecule has 0 atom stereocenters. The maximum absolute atomic E-state index is 12.8. The lowest BCUT2D eigenvalue weighted by molar-refractivity contribution is -0.125. The second-order valence-corrected chi connectivity index (χ2v) is 11.3. The molecule has 3 rings (SSSR count). The Hall–Kier alpha value is -1.05. The maximum atomic E-state index is 12.8. The summed E-state index contributed by atoms with van der Waals surface area (Å²) in [7, 11) is -3.46. The molecule has 0 aromatic heterocycles. The standard InChI is InChI=1S/C21H32N2O3S2/c1-17-7-9-20(10-8-17)28(25,26)23-14-11-18(12-15-23)21(24)22-13-16-27-19-5-3-2-4-6-19/h7-10,18-19H,2-6,11-16H2,1H3,(H,22,24). The summed E-state index contributed by atoms with van der Waals surface area (Å²) in [6.45, 7) is 3.46. The minimum Gasteiger partial charge on any atom is -0.355 e.